The molecule has 0 aliphatic rings. The van der Waals surface area contributed by atoms with E-state index in [1.165, 1.54) is 17.0 Å². The van der Waals surface area contributed by atoms with Crippen LogP contribution >= 0.6 is 0 Å². The lowest BCUT2D eigenvalue weighted by molar-refractivity contribution is -0.140. The summed E-state index contributed by atoms with van der Waals surface area (Å²) in [6.45, 7) is 8.93. The number of carbonyl (C=O) groups excluding carboxylic acids is 2. The molecule has 0 aliphatic carbocycles. The average molecular weight is 642 g/mol. The van der Waals surface area contributed by atoms with Crippen LogP contribution in [0.4, 0.5) is 5.69 Å². The van der Waals surface area contributed by atoms with Gasteiger partial charge in [-0.2, -0.15) is 0 Å². The number of aryl methyl sites for hydroxylation is 2. The first-order valence-corrected chi connectivity index (χ1v) is 16.7. The summed E-state index contributed by atoms with van der Waals surface area (Å²) >= 11 is 0. The number of sulfonamides is 1. The Balaban J connectivity index is 1.85. The van der Waals surface area contributed by atoms with Crippen LogP contribution in [-0.4, -0.2) is 50.4 Å². The second kappa shape index (κ2) is 14.6. The summed E-state index contributed by atoms with van der Waals surface area (Å²) in [6, 6.07) is 29.3. The summed E-state index contributed by atoms with van der Waals surface area (Å²) in [5.74, 6) is -0.254. The second-order valence-corrected chi connectivity index (χ2v) is 14.3. The lowest BCUT2D eigenvalue weighted by Gasteiger charge is -2.35. The van der Waals surface area contributed by atoms with Crippen LogP contribution in [0.5, 0.6) is 5.75 Å². The largest absolute Gasteiger partial charge is 0.497 e. The van der Waals surface area contributed by atoms with Crippen molar-refractivity contribution >= 4 is 27.5 Å². The van der Waals surface area contributed by atoms with Crippen LogP contribution in [0.3, 0.4) is 0 Å². The van der Waals surface area contributed by atoms with E-state index in [4.69, 9.17) is 4.74 Å². The van der Waals surface area contributed by atoms with Gasteiger partial charge < -0.3 is 15.0 Å². The number of amides is 2. The summed E-state index contributed by atoms with van der Waals surface area (Å²) in [4.78, 5) is 30.2. The molecular formula is C37H43N3O5S. The van der Waals surface area contributed by atoms with Crippen molar-refractivity contribution in [2.75, 3.05) is 18.0 Å². The average Bonchev–Trinajstić information content (AvgIpc) is 3.02. The van der Waals surface area contributed by atoms with Gasteiger partial charge in [0.25, 0.3) is 10.0 Å². The zero-order valence-electron chi connectivity index (χ0n) is 27.4. The molecule has 8 nitrogen and oxygen atoms in total. The zero-order chi connectivity index (χ0) is 33.5. The number of benzene rings is 4. The highest BCUT2D eigenvalue weighted by Crippen LogP contribution is 2.29. The Hall–Kier alpha value is -4.63. The molecule has 9 heteroatoms. The third-order valence-corrected chi connectivity index (χ3v) is 9.26. The van der Waals surface area contributed by atoms with Crippen molar-refractivity contribution in [3.05, 3.63) is 125 Å². The molecule has 2 amide bonds. The van der Waals surface area contributed by atoms with Gasteiger partial charge in [-0.1, -0.05) is 78.4 Å². The third kappa shape index (κ3) is 8.75. The fourth-order valence-electron chi connectivity index (χ4n) is 5.29. The molecule has 0 radical (unpaired) electrons. The lowest BCUT2D eigenvalue weighted by Crippen LogP contribution is -2.56. The molecule has 242 valence electrons. The van der Waals surface area contributed by atoms with Crippen molar-refractivity contribution < 1.29 is 22.7 Å². The smallest absolute Gasteiger partial charge is 0.264 e. The van der Waals surface area contributed by atoms with Gasteiger partial charge in [0.05, 0.1) is 17.7 Å². The molecule has 0 aliphatic heterocycles. The number of rotatable bonds is 12. The first-order chi connectivity index (χ1) is 21.8. The monoisotopic (exact) mass is 641 g/mol. The first kappa shape index (κ1) is 34.2. The Morgan fingerprint density at radius 2 is 1.46 bits per heavy atom. The molecule has 46 heavy (non-hydrogen) atoms. The van der Waals surface area contributed by atoms with Crippen molar-refractivity contribution in [2.24, 2.45) is 0 Å². The summed E-state index contributed by atoms with van der Waals surface area (Å²) in [6.07, 6.45) is 0.230. The maximum Gasteiger partial charge on any atom is 0.264 e. The lowest BCUT2D eigenvalue weighted by atomic mass is 10.0. The highest BCUT2D eigenvalue weighted by atomic mass is 32.2. The van der Waals surface area contributed by atoms with Gasteiger partial charge in [0.1, 0.15) is 18.3 Å². The van der Waals surface area contributed by atoms with Crippen molar-refractivity contribution in [3.8, 4) is 5.75 Å². The Labute approximate surface area is 273 Å². The molecule has 0 spiro atoms. The van der Waals surface area contributed by atoms with E-state index in [1.54, 1.807) is 37.4 Å². The van der Waals surface area contributed by atoms with Crippen LogP contribution in [-0.2, 0) is 32.6 Å². The molecular weight excluding hydrogens is 598 g/mol. The summed E-state index contributed by atoms with van der Waals surface area (Å²) in [5, 5.41) is 3.05. The maximum absolute atomic E-state index is 14.7. The first-order valence-electron chi connectivity index (χ1n) is 15.2. The highest BCUT2D eigenvalue weighted by molar-refractivity contribution is 7.92. The normalized spacial score (nSPS) is 12.2. The number of methoxy groups -OCH3 is 1. The van der Waals surface area contributed by atoms with Crippen molar-refractivity contribution in [3.63, 3.8) is 0 Å². The molecule has 1 atom stereocenters. The predicted molar refractivity (Wildman–Crippen MR) is 182 cm³/mol. The minimum absolute atomic E-state index is 0.0528. The van der Waals surface area contributed by atoms with Crippen LogP contribution in [0.1, 0.15) is 43.0 Å². The van der Waals surface area contributed by atoms with Crippen molar-refractivity contribution in [1.82, 2.24) is 10.2 Å². The topological polar surface area (TPSA) is 96.0 Å². The van der Waals surface area contributed by atoms with E-state index >= 15 is 0 Å². The van der Waals surface area contributed by atoms with Crippen molar-refractivity contribution in [1.29, 1.82) is 0 Å². The Kier molecular flexibility index (Phi) is 10.9. The molecule has 0 aromatic heterocycles. The summed E-state index contributed by atoms with van der Waals surface area (Å²) in [7, 11) is -2.61. The molecule has 4 aromatic carbocycles. The van der Waals surface area contributed by atoms with Crippen LogP contribution in [0.25, 0.3) is 0 Å². The fraction of sp³-hybridized carbons (Fsp3) is 0.297. The second-order valence-electron chi connectivity index (χ2n) is 12.4. The molecule has 0 unspecified atom stereocenters. The van der Waals surface area contributed by atoms with Gasteiger partial charge in [-0.15, -0.1) is 0 Å². The quantitative estimate of drug-likeness (QED) is 0.203. The zero-order valence-corrected chi connectivity index (χ0v) is 28.2. The number of anilines is 1. The minimum Gasteiger partial charge on any atom is -0.497 e. The molecule has 0 heterocycles. The number of carbonyl (C=O) groups is 2. The summed E-state index contributed by atoms with van der Waals surface area (Å²) in [5.41, 5.74) is 3.09. The van der Waals surface area contributed by atoms with Gasteiger partial charge in [0.15, 0.2) is 0 Å². The van der Waals surface area contributed by atoms with Crippen LogP contribution in [0.15, 0.2) is 108 Å². The predicted octanol–water partition coefficient (Wildman–Crippen LogP) is 6.06. The van der Waals surface area contributed by atoms with Crippen LogP contribution in [0.2, 0.25) is 0 Å². The minimum atomic E-state index is -4.17. The number of nitrogens with zero attached hydrogens (tertiary/aromatic N) is 2. The van der Waals surface area contributed by atoms with E-state index < -0.39 is 34.1 Å². The molecule has 0 saturated carbocycles. The Bertz CT molecular complexity index is 1750. The standard InChI is InChI=1S/C37H43N3O5S/c1-27-20-21-33(28(2)22-27)40(46(43,44)32-18-11-8-12-19-32)26-35(41)39(25-30-16-13-17-31(23-30)45-6)34(36(42)38-37(3,4)5)24-29-14-9-7-10-15-29/h7-23,34H,24-26H2,1-6H3,(H,38,42)/t34-/m1/s1. The Morgan fingerprint density at radius 1 is 0.826 bits per heavy atom. The van der Waals surface area contributed by atoms with Crippen LogP contribution < -0.4 is 14.4 Å². The molecule has 1 N–H and O–H groups in total. The SMILES string of the molecule is COc1cccc(CN(C(=O)CN(c2ccc(C)cc2C)S(=O)(=O)c2ccccc2)[C@H](Cc2ccccc2)C(=O)NC(C)(C)C)c1. The van der Waals surface area contributed by atoms with Gasteiger partial charge in [0, 0.05) is 18.5 Å². The van der Waals surface area contributed by atoms with E-state index in [0.717, 1.165) is 21.0 Å². The highest BCUT2D eigenvalue weighted by Gasteiger charge is 2.36. The van der Waals surface area contributed by atoms with E-state index in [1.807, 2.05) is 95.3 Å². The molecule has 4 aromatic rings. The van der Waals surface area contributed by atoms with Gasteiger partial charge in [-0.25, -0.2) is 8.42 Å². The molecule has 0 bridgehead atoms. The van der Waals surface area contributed by atoms with Gasteiger partial charge in [-0.05, 0) is 81.6 Å². The number of hydrogen-bond donors (Lipinski definition) is 1. The Morgan fingerprint density at radius 3 is 2.07 bits per heavy atom. The van der Waals surface area contributed by atoms with Gasteiger partial charge in [-0.3, -0.25) is 13.9 Å². The third-order valence-electron chi connectivity index (χ3n) is 7.49. The van der Waals surface area contributed by atoms with E-state index in [0.29, 0.717) is 17.0 Å². The fourth-order valence-corrected chi connectivity index (χ4v) is 6.79. The van der Waals surface area contributed by atoms with E-state index in [-0.39, 0.29) is 23.8 Å². The number of nitrogens with one attached hydrogen (secondary N) is 1. The van der Waals surface area contributed by atoms with E-state index in [2.05, 4.69) is 5.32 Å². The number of hydrogen-bond acceptors (Lipinski definition) is 5. The van der Waals surface area contributed by atoms with Crippen molar-refractivity contribution in [2.45, 2.75) is 64.1 Å². The molecule has 0 saturated heterocycles. The number of ether oxygens (including phenoxy) is 1. The maximum atomic E-state index is 14.7. The van der Waals surface area contributed by atoms with Gasteiger partial charge >= 0.3 is 0 Å². The molecule has 4 rings (SSSR count). The van der Waals surface area contributed by atoms with E-state index in [9.17, 15) is 18.0 Å². The molecule has 0 fully saturated rings. The summed E-state index contributed by atoms with van der Waals surface area (Å²) < 4.78 is 35.0. The van der Waals surface area contributed by atoms with Gasteiger partial charge in [0.2, 0.25) is 11.8 Å². The van der Waals surface area contributed by atoms with Crippen LogP contribution in [0, 0.1) is 13.8 Å².